The quantitative estimate of drug-likeness (QED) is 0.200. The first-order valence-corrected chi connectivity index (χ1v) is 13.9. The Morgan fingerprint density at radius 3 is 2.60 bits per heavy atom. The van der Waals surface area contributed by atoms with E-state index in [-0.39, 0.29) is 5.91 Å². The monoisotopic (exact) mass is 539 g/mol. The molecule has 194 valence electrons. The molecule has 0 fully saturated rings. The molecule has 0 saturated carbocycles. The van der Waals surface area contributed by atoms with E-state index >= 15 is 0 Å². The molecule has 0 aliphatic rings. The molecule has 7 rings (SSSR count). The predicted molar refractivity (Wildman–Crippen MR) is 163 cm³/mol. The maximum absolute atomic E-state index is 12.6. The standard InChI is InChI=1S/C33H25N5OS/c1-20-10-13-31(40-20)25-8-5-9-28-26(25)17-30(36-28)33-27-16-22(11-12-29(27)37-38-33)23-15-24(19-34-18-23)35-32(39)14-21-6-3-2-4-7-21/h2-13,15-19,36H,14H2,1H3,(H,35,39)(H,37,38). The van der Waals surface area contributed by atoms with Crippen LogP contribution in [0.25, 0.3) is 54.8 Å². The number of amides is 1. The lowest BCUT2D eigenvalue weighted by atomic mass is 10.0. The van der Waals surface area contributed by atoms with Crippen molar-refractivity contribution in [3.8, 4) is 33.0 Å². The number of carbonyl (C=O) groups excluding carboxylic acids is 1. The molecule has 0 aliphatic carbocycles. The molecule has 3 aromatic carbocycles. The predicted octanol–water partition coefficient (Wildman–Crippen LogP) is 7.99. The fraction of sp³-hybridized carbons (Fsp3) is 0.0606. The molecule has 7 heteroatoms. The van der Waals surface area contributed by atoms with Gasteiger partial charge in [0.05, 0.1) is 29.5 Å². The Bertz CT molecular complexity index is 2000. The number of aromatic nitrogens is 4. The second kappa shape index (κ2) is 9.94. The number of H-pyrrole nitrogens is 2. The molecule has 4 heterocycles. The molecule has 0 radical (unpaired) electrons. The van der Waals surface area contributed by atoms with E-state index in [4.69, 9.17) is 0 Å². The van der Waals surface area contributed by atoms with Gasteiger partial charge in [0.15, 0.2) is 0 Å². The van der Waals surface area contributed by atoms with E-state index < -0.39 is 0 Å². The topological polar surface area (TPSA) is 86.5 Å². The number of anilines is 1. The number of nitrogens with one attached hydrogen (secondary N) is 3. The van der Waals surface area contributed by atoms with Crippen molar-refractivity contribution in [2.24, 2.45) is 0 Å². The molecular weight excluding hydrogens is 514 g/mol. The number of carbonyl (C=O) groups is 1. The average molecular weight is 540 g/mol. The van der Waals surface area contributed by atoms with Gasteiger partial charge in [-0.25, -0.2) is 0 Å². The van der Waals surface area contributed by atoms with E-state index in [0.29, 0.717) is 12.1 Å². The average Bonchev–Trinajstić information content (AvgIpc) is 3.71. The smallest absolute Gasteiger partial charge is 0.228 e. The fourth-order valence-electron chi connectivity index (χ4n) is 5.13. The molecule has 0 spiro atoms. The highest BCUT2D eigenvalue weighted by molar-refractivity contribution is 7.15. The number of aromatic amines is 2. The van der Waals surface area contributed by atoms with Gasteiger partial charge in [-0.05, 0) is 60.5 Å². The van der Waals surface area contributed by atoms with Crippen LogP contribution in [-0.2, 0) is 11.2 Å². The van der Waals surface area contributed by atoms with Crippen LogP contribution in [0.2, 0.25) is 0 Å². The third kappa shape index (κ3) is 4.57. The van der Waals surface area contributed by atoms with Crippen LogP contribution in [0, 0.1) is 6.92 Å². The lowest BCUT2D eigenvalue weighted by molar-refractivity contribution is -0.115. The lowest BCUT2D eigenvalue weighted by Crippen LogP contribution is -2.14. The summed E-state index contributed by atoms with van der Waals surface area (Å²) in [4.78, 5) is 23.1. The number of benzene rings is 3. The molecule has 0 unspecified atom stereocenters. The minimum Gasteiger partial charge on any atom is -0.353 e. The first-order valence-electron chi connectivity index (χ1n) is 13.1. The minimum atomic E-state index is -0.0754. The second-order valence-electron chi connectivity index (χ2n) is 9.87. The van der Waals surface area contributed by atoms with Crippen molar-refractivity contribution in [3.63, 3.8) is 0 Å². The first-order chi connectivity index (χ1) is 19.6. The zero-order valence-electron chi connectivity index (χ0n) is 21.7. The van der Waals surface area contributed by atoms with Crippen LogP contribution in [0.15, 0.2) is 103 Å². The maximum atomic E-state index is 12.6. The summed E-state index contributed by atoms with van der Waals surface area (Å²) >= 11 is 1.80. The van der Waals surface area contributed by atoms with Crippen molar-refractivity contribution in [2.45, 2.75) is 13.3 Å². The largest absolute Gasteiger partial charge is 0.353 e. The van der Waals surface area contributed by atoms with Crippen molar-refractivity contribution in [1.29, 1.82) is 0 Å². The molecule has 4 aromatic heterocycles. The number of fused-ring (bicyclic) bond motifs is 2. The highest BCUT2D eigenvalue weighted by Crippen LogP contribution is 2.37. The van der Waals surface area contributed by atoms with Gasteiger partial charge in [-0.1, -0.05) is 48.5 Å². The van der Waals surface area contributed by atoms with Gasteiger partial charge in [-0.3, -0.25) is 14.9 Å². The molecule has 0 bridgehead atoms. The Kier molecular flexibility index (Phi) is 5.98. The SMILES string of the molecule is Cc1ccc(-c2cccc3[nH]c(-c4n[nH]c5ccc(-c6cncc(NC(=O)Cc7ccccc7)c6)cc45)cc23)s1. The van der Waals surface area contributed by atoms with Crippen LogP contribution < -0.4 is 5.32 Å². The summed E-state index contributed by atoms with van der Waals surface area (Å²) in [5.74, 6) is -0.0754. The van der Waals surface area contributed by atoms with Gasteiger partial charge < -0.3 is 10.3 Å². The summed E-state index contributed by atoms with van der Waals surface area (Å²) in [7, 11) is 0. The summed E-state index contributed by atoms with van der Waals surface area (Å²) in [6.07, 6.45) is 3.80. The van der Waals surface area contributed by atoms with Crippen LogP contribution in [-0.4, -0.2) is 26.1 Å². The highest BCUT2D eigenvalue weighted by atomic mass is 32.1. The van der Waals surface area contributed by atoms with E-state index in [2.05, 4.69) is 74.9 Å². The molecule has 0 atom stereocenters. The number of hydrogen-bond donors (Lipinski definition) is 3. The number of hydrogen-bond acceptors (Lipinski definition) is 4. The molecule has 7 aromatic rings. The van der Waals surface area contributed by atoms with Crippen molar-refractivity contribution in [3.05, 3.63) is 114 Å². The summed E-state index contributed by atoms with van der Waals surface area (Å²) in [5, 5.41) is 13.0. The molecular formula is C33H25N5OS. The van der Waals surface area contributed by atoms with Gasteiger partial charge in [0.25, 0.3) is 0 Å². The van der Waals surface area contributed by atoms with Crippen LogP contribution in [0.1, 0.15) is 10.4 Å². The maximum Gasteiger partial charge on any atom is 0.228 e. The Labute approximate surface area is 234 Å². The lowest BCUT2D eigenvalue weighted by Gasteiger charge is -2.08. The number of pyridine rings is 1. The van der Waals surface area contributed by atoms with E-state index in [0.717, 1.165) is 44.5 Å². The van der Waals surface area contributed by atoms with Gasteiger partial charge in [-0.2, -0.15) is 5.10 Å². The van der Waals surface area contributed by atoms with Crippen LogP contribution in [0.5, 0.6) is 0 Å². The zero-order chi connectivity index (χ0) is 27.1. The van der Waals surface area contributed by atoms with Crippen molar-refractivity contribution in [1.82, 2.24) is 20.2 Å². The summed E-state index contributed by atoms with van der Waals surface area (Å²) in [6.45, 7) is 2.13. The Morgan fingerprint density at radius 1 is 0.850 bits per heavy atom. The van der Waals surface area contributed by atoms with Crippen molar-refractivity contribution >= 4 is 44.7 Å². The van der Waals surface area contributed by atoms with E-state index in [9.17, 15) is 4.79 Å². The van der Waals surface area contributed by atoms with Crippen LogP contribution in [0.3, 0.4) is 0 Å². The van der Waals surface area contributed by atoms with E-state index in [1.54, 1.807) is 17.5 Å². The zero-order valence-corrected chi connectivity index (χ0v) is 22.5. The first kappa shape index (κ1) is 24.1. The minimum absolute atomic E-state index is 0.0754. The summed E-state index contributed by atoms with van der Waals surface area (Å²) < 4.78 is 0. The van der Waals surface area contributed by atoms with E-state index in [1.807, 2.05) is 54.7 Å². The number of nitrogens with zero attached hydrogens (tertiary/aromatic N) is 2. The number of rotatable bonds is 6. The van der Waals surface area contributed by atoms with Gasteiger partial charge in [0.2, 0.25) is 5.91 Å². The molecule has 0 aliphatic heterocycles. The molecule has 6 nitrogen and oxygen atoms in total. The molecule has 40 heavy (non-hydrogen) atoms. The number of aryl methyl sites for hydroxylation is 1. The second-order valence-corrected chi connectivity index (χ2v) is 11.2. The fourth-order valence-corrected chi connectivity index (χ4v) is 6.04. The van der Waals surface area contributed by atoms with E-state index in [1.165, 1.54) is 20.7 Å². The number of thiophene rings is 1. The Hall–Kier alpha value is -5.01. The van der Waals surface area contributed by atoms with Crippen molar-refractivity contribution < 1.29 is 4.79 Å². The molecule has 3 N–H and O–H groups in total. The van der Waals surface area contributed by atoms with Crippen LogP contribution in [0.4, 0.5) is 5.69 Å². The molecule has 1 amide bonds. The third-order valence-corrected chi connectivity index (χ3v) is 8.08. The normalized spacial score (nSPS) is 11.3. The van der Waals surface area contributed by atoms with Crippen molar-refractivity contribution in [2.75, 3.05) is 5.32 Å². The Morgan fingerprint density at radius 2 is 1.75 bits per heavy atom. The summed E-state index contributed by atoms with van der Waals surface area (Å²) in [6, 6.07) is 30.8. The highest BCUT2D eigenvalue weighted by Gasteiger charge is 2.15. The third-order valence-electron chi connectivity index (χ3n) is 7.05. The van der Waals surface area contributed by atoms with Gasteiger partial charge in [0.1, 0.15) is 5.69 Å². The van der Waals surface area contributed by atoms with Crippen LogP contribution >= 0.6 is 11.3 Å². The van der Waals surface area contributed by atoms with Gasteiger partial charge in [0, 0.05) is 43.4 Å². The Balaban J connectivity index is 1.21. The van der Waals surface area contributed by atoms with Gasteiger partial charge in [-0.15, -0.1) is 11.3 Å². The van der Waals surface area contributed by atoms with Gasteiger partial charge >= 0.3 is 0 Å². The summed E-state index contributed by atoms with van der Waals surface area (Å²) in [5.41, 5.74) is 8.61. The molecule has 0 saturated heterocycles.